The van der Waals surface area contributed by atoms with Crippen molar-refractivity contribution in [1.82, 2.24) is 4.90 Å². The number of nitrogens with one attached hydrogen (secondary N) is 1. The maximum Gasteiger partial charge on any atom is 0.324 e. The van der Waals surface area contributed by atoms with Gasteiger partial charge in [-0.3, -0.25) is 5.32 Å². The Bertz CT molecular complexity index is 296. The molecule has 0 bridgehead atoms. The number of urea groups is 1. The van der Waals surface area contributed by atoms with E-state index in [1.165, 1.54) is 0 Å². The highest BCUT2D eigenvalue weighted by atomic mass is 16.3. The van der Waals surface area contributed by atoms with Crippen molar-refractivity contribution in [1.29, 1.82) is 0 Å². The Morgan fingerprint density at radius 3 is 2.75 bits per heavy atom. The quantitative estimate of drug-likeness (QED) is 0.805. The number of hydrogen-bond donors (Lipinski definition) is 1. The lowest BCUT2D eigenvalue weighted by Crippen LogP contribution is -2.36. The van der Waals surface area contributed by atoms with Crippen molar-refractivity contribution < 1.29 is 9.21 Å². The molecule has 0 unspecified atom stereocenters. The number of nitrogens with zero attached hydrogens (tertiary/aromatic N) is 1. The number of unbranched alkanes of at least 4 members (excludes halogenated alkanes) is 1. The average molecular weight is 224 g/mol. The van der Waals surface area contributed by atoms with E-state index in [0.717, 1.165) is 32.4 Å². The first kappa shape index (κ1) is 12.6. The summed E-state index contributed by atoms with van der Waals surface area (Å²) in [6.45, 7) is 5.77. The van der Waals surface area contributed by atoms with Gasteiger partial charge in [0, 0.05) is 19.2 Å². The molecule has 4 heteroatoms. The number of amides is 2. The maximum absolute atomic E-state index is 11.9. The summed E-state index contributed by atoms with van der Waals surface area (Å²) in [5.74, 6) is 0.502. The molecule has 0 fully saturated rings. The summed E-state index contributed by atoms with van der Waals surface area (Å²) in [5.41, 5.74) is 0. The van der Waals surface area contributed by atoms with Gasteiger partial charge in [-0.05, 0) is 18.9 Å². The number of rotatable bonds is 6. The lowest BCUT2D eigenvalue weighted by Gasteiger charge is -2.21. The van der Waals surface area contributed by atoms with Gasteiger partial charge >= 0.3 is 6.03 Å². The predicted octanol–water partition coefficient (Wildman–Crippen LogP) is 3.32. The molecule has 1 aromatic rings. The van der Waals surface area contributed by atoms with Crippen LogP contribution in [0.15, 0.2) is 22.8 Å². The molecule has 90 valence electrons. The first-order valence-corrected chi connectivity index (χ1v) is 5.87. The molecule has 4 nitrogen and oxygen atoms in total. The maximum atomic E-state index is 11.9. The molecule has 0 aliphatic heterocycles. The summed E-state index contributed by atoms with van der Waals surface area (Å²) >= 11 is 0. The van der Waals surface area contributed by atoms with Gasteiger partial charge in [0.05, 0.1) is 6.26 Å². The molecule has 16 heavy (non-hydrogen) atoms. The minimum Gasteiger partial charge on any atom is -0.449 e. The third-order valence-corrected chi connectivity index (χ3v) is 2.31. The monoisotopic (exact) mass is 224 g/mol. The van der Waals surface area contributed by atoms with Crippen molar-refractivity contribution in [2.24, 2.45) is 0 Å². The zero-order valence-electron chi connectivity index (χ0n) is 10.0. The van der Waals surface area contributed by atoms with Gasteiger partial charge in [0.15, 0.2) is 0 Å². The molecule has 0 radical (unpaired) electrons. The van der Waals surface area contributed by atoms with Crippen LogP contribution >= 0.6 is 0 Å². The van der Waals surface area contributed by atoms with Crippen LogP contribution in [0.25, 0.3) is 0 Å². The number of hydrogen-bond acceptors (Lipinski definition) is 2. The minimum atomic E-state index is -0.0785. The molecule has 1 rings (SSSR count). The summed E-state index contributed by atoms with van der Waals surface area (Å²) in [6, 6.07) is 3.42. The zero-order valence-corrected chi connectivity index (χ0v) is 10.0. The van der Waals surface area contributed by atoms with Crippen LogP contribution in [0, 0.1) is 0 Å². The van der Waals surface area contributed by atoms with Gasteiger partial charge < -0.3 is 9.32 Å². The molecule has 0 atom stereocenters. The van der Waals surface area contributed by atoms with E-state index in [4.69, 9.17) is 4.42 Å². The third-order valence-electron chi connectivity index (χ3n) is 2.31. The highest BCUT2D eigenvalue weighted by molar-refractivity contribution is 5.87. The molecule has 0 spiro atoms. The van der Waals surface area contributed by atoms with Gasteiger partial charge in [-0.15, -0.1) is 0 Å². The van der Waals surface area contributed by atoms with E-state index in [0.29, 0.717) is 5.88 Å². The fourth-order valence-electron chi connectivity index (χ4n) is 1.47. The summed E-state index contributed by atoms with van der Waals surface area (Å²) in [5, 5.41) is 2.74. The van der Waals surface area contributed by atoms with Crippen molar-refractivity contribution in [3.05, 3.63) is 18.4 Å². The molecule has 0 aromatic carbocycles. The van der Waals surface area contributed by atoms with Crippen molar-refractivity contribution in [2.75, 3.05) is 18.4 Å². The van der Waals surface area contributed by atoms with E-state index in [2.05, 4.69) is 19.2 Å². The van der Waals surface area contributed by atoms with Gasteiger partial charge in [0.2, 0.25) is 5.88 Å². The largest absolute Gasteiger partial charge is 0.449 e. The smallest absolute Gasteiger partial charge is 0.324 e. The van der Waals surface area contributed by atoms with E-state index in [9.17, 15) is 4.79 Å². The van der Waals surface area contributed by atoms with Crippen molar-refractivity contribution in [3.8, 4) is 0 Å². The number of anilines is 1. The second-order valence-corrected chi connectivity index (χ2v) is 3.75. The van der Waals surface area contributed by atoms with Crippen LogP contribution < -0.4 is 5.32 Å². The lowest BCUT2D eigenvalue weighted by molar-refractivity contribution is 0.210. The molecule has 1 N–H and O–H groups in total. The molecule has 1 aromatic heterocycles. The Labute approximate surface area is 96.6 Å². The topological polar surface area (TPSA) is 45.5 Å². The van der Waals surface area contributed by atoms with Crippen LogP contribution in [0.1, 0.15) is 33.1 Å². The van der Waals surface area contributed by atoms with E-state index >= 15 is 0 Å². The molecule has 1 heterocycles. The fourth-order valence-corrected chi connectivity index (χ4v) is 1.47. The van der Waals surface area contributed by atoms with Gasteiger partial charge in [-0.1, -0.05) is 20.3 Å². The predicted molar refractivity (Wildman–Crippen MR) is 64.5 cm³/mol. The van der Waals surface area contributed by atoms with Gasteiger partial charge in [-0.25, -0.2) is 4.79 Å². The zero-order chi connectivity index (χ0) is 11.8. The Hall–Kier alpha value is -1.45. The van der Waals surface area contributed by atoms with Crippen molar-refractivity contribution >= 4 is 11.9 Å². The van der Waals surface area contributed by atoms with Gasteiger partial charge in [0.25, 0.3) is 0 Å². The molecule has 0 aliphatic carbocycles. The van der Waals surface area contributed by atoms with Crippen molar-refractivity contribution in [2.45, 2.75) is 33.1 Å². The molecular weight excluding hydrogens is 204 g/mol. The van der Waals surface area contributed by atoms with Crippen LogP contribution in [-0.2, 0) is 0 Å². The summed E-state index contributed by atoms with van der Waals surface area (Å²) in [4.78, 5) is 13.7. The van der Waals surface area contributed by atoms with E-state index in [1.807, 2.05) is 4.90 Å². The normalized spacial score (nSPS) is 10.1. The summed E-state index contributed by atoms with van der Waals surface area (Å²) < 4.78 is 5.08. The molecule has 0 aliphatic rings. The Balaban J connectivity index is 2.46. The van der Waals surface area contributed by atoms with E-state index in [-0.39, 0.29) is 6.03 Å². The first-order valence-electron chi connectivity index (χ1n) is 5.87. The van der Waals surface area contributed by atoms with Gasteiger partial charge in [-0.2, -0.15) is 0 Å². The SMILES string of the molecule is CCCCN(CCC)C(=O)Nc1ccco1. The number of furan rings is 1. The Kier molecular flexibility index (Phi) is 5.46. The van der Waals surface area contributed by atoms with E-state index < -0.39 is 0 Å². The third kappa shape index (κ3) is 3.96. The first-order chi connectivity index (χ1) is 7.77. The lowest BCUT2D eigenvalue weighted by atomic mass is 10.3. The van der Waals surface area contributed by atoms with Crippen LogP contribution in [0.4, 0.5) is 10.7 Å². The number of carbonyl (C=O) groups is 1. The molecule has 0 saturated heterocycles. The van der Waals surface area contributed by atoms with Crippen LogP contribution in [0.3, 0.4) is 0 Å². The molecule has 0 saturated carbocycles. The van der Waals surface area contributed by atoms with Crippen molar-refractivity contribution in [3.63, 3.8) is 0 Å². The minimum absolute atomic E-state index is 0.0785. The number of carbonyl (C=O) groups excluding carboxylic acids is 1. The highest BCUT2D eigenvalue weighted by Crippen LogP contribution is 2.08. The van der Waals surface area contributed by atoms with Crippen LogP contribution in [0.2, 0.25) is 0 Å². The molecule has 2 amide bonds. The van der Waals surface area contributed by atoms with Crippen LogP contribution in [0.5, 0.6) is 0 Å². The molecular formula is C12H20N2O2. The summed E-state index contributed by atoms with van der Waals surface area (Å²) in [7, 11) is 0. The Morgan fingerprint density at radius 1 is 1.38 bits per heavy atom. The second-order valence-electron chi connectivity index (χ2n) is 3.75. The van der Waals surface area contributed by atoms with E-state index in [1.54, 1.807) is 18.4 Å². The highest BCUT2D eigenvalue weighted by Gasteiger charge is 2.12. The Morgan fingerprint density at radius 2 is 2.19 bits per heavy atom. The van der Waals surface area contributed by atoms with Crippen LogP contribution in [-0.4, -0.2) is 24.0 Å². The second kappa shape index (κ2) is 6.93. The summed E-state index contributed by atoms with van der Waals surface area (Å²) in [6.07, 6.45) is 4.64. The van der Waals surface area contributed by atoms with Gasteiger partial charge in [0.1, 0.15) is 0 Å². The fraction of sp³-hybridized carbons (Fsp3) is 0.583. The standard InChI is InChI=1S/C12H20N2O2/c1-3-5-9-14(8-4-2)12(15)13-11-7-6-10-16-11/h6-7,10H,3-5,8-9H2,1-2H3,(H,13,15). The average Bonchev–Trinajstić information content (AvgIpc) is 2.76.